The summed E-state index contributed by atoms with van der Waals surface area (Å²) in [5.74, 6) is 1.68. The molecule has 0 aliphatic heterocycles. The van der Waals surface area contributed by atoms with Crippen molar-refractivity contribution in [1.82, 2.24) is 9.66 Å². The quantitative estimate of drug-likeness (QED) is 0.202. The summed E-state index contributed by atoms with van der Waals surface area (Å²) in [5.41, 5.74) is 1.79. The van der Waals surface area contributed by atoms with Gasteiger partial charge in [-0.3, -0.25) is 4.79 Å². The number of carbonyl (C=O) groups is 1. The highest BCUT2D eigenvalue weighted by Crippen LogP contribution is 2.32. The number of rotatable bonds is 6. The smallest absolute Gasteiger partial charge is 0.338 e. The minimum Gasteiger partial charge on any atom is -0.462 e. The molecule has 1 aliphatic rings. The van der Waals surface area contributed by atoms with Crippen molar-refractivity contribution in [2.45, 2.75) is 44.9 Å². The summed E-state index contributed by atoms with van der Waals surface area (Å²) in [5, 5.41) is 5.06. The van der Waals surface area contributed by atoms with Crippen LogP contribution in [0.15, 0.2) is 73.4 Å². The molecule has 184 valence electrons. The summed E-state index contributed by atoms with van der Waals surface area (Å²) in [6.45, 7) is 2.11. The molecule has 2 aromatic carbocycles. The lowest BCUT2D eigenvalue weighted by Gasteiger charge is -2.22. The number of hydrogen-bond acceptors (Lipinski definition) is 6. The average Bonchev–Trinajstić information content (AvgIpc) is 3.38. The van der Waals surface area contributed by atoms with Crippen molar-refractivity contribution in [1.29, 1.82) is 0 Å². The van der Waals surface area contributed by atoms with E-state index in [1.54, 1.807) is 37.4 Å². The van der Waals surface area contributed by atoms with Gasteiger partial charge in [0.05, 0.1) is 29.3 Å². The SMILES string of the molecule is CCOC(=O)c1ccc(-c2ccc(C=Nn3c(C4CCCCC4)nc4ccc(Br)cc4c3=O)o2)cc1. The molecule has 7 nitrogen and oxygen atoms in total. The Balaban J connectivity index is 1.46. The van der Waals surface area contributed by atoms with Gasteiger partial charge in [-0.2, -0.15) is 9.78 Å². The second-order valence-corrected chi connectivity index (χ2v) is 9.74. The third kappa shape index (κ3) is 5.04. The van der Waals surface area contributed by atoms with Crippen LogP contribution in [0.5, 0.6) is 0 Å². The zero-order valence-corrected chi connectivity index (χ0v) is 21.5. The van der Waals surface area contributed by atoms with E-state index in [2.05, 4.69) is 21.0 Å². The Bertz CT molecular complexity index is 1480. The molecule has 5 rings (SSSR count). The molecule has 36 heavy (non-hydrogen) atoms. The highest BCUT2D eigenvalue weighted by molar-refractivity contribution is 9.10. The molecule has 0 radical (unpaired) electrons. The third-order valence-corrected chi connectivity index (χ3v) is 6.90. The molecule has 0 N–H and O–H groups in total. The number of aromatic nitrogens is 2. The summed E-state index contributed by atoms with van der Waals surface area (Å²) in [6, 6.07) is 16.2. The molecule has 2 aromatic heterocycles. The lowest BCUT2D eigenvalue weighted by Crippen LogP contribution is -2.25. The van der Waals surface area contributed by atoms with Crippen molar-refractivity contribution in [3.05, 3.63) is 86.6 Å². The Morgan fingerprint density at radius 3 is 2.67 bits per heavy atom. The van der Waals surface area contributed by atoms with Gasteiger partial charge < -0.3 is 9.15 Å². The molecule has 4 aromatic rings. The first-order valence-corrected chi connectivity index (χ1v) is 13.0. The summed E-state index contributed by atoms with van der Waals surface area (Å²) < 4.78 is 13.2. The van der Waals surface area contributed by atoms with Crippen molar-refractivity contribution >= 4 is 39.0 Å². The number of nitrogens with zero attached hydrogens (tertiary/aromatic N) is 3. The van der Waals surface area contributed by atoms with Crippen molar-refractivity contribution in [2.75, 3.05) is 6.61 Å². The standard InChI is InChI=1S/C28H26BrN3O4/c1-2-35-28(34)20-10-8-18(9-11-20)25-15-13-22(36-25)17-30-32-26(19-6-4-3-5-7-19)31-24-14-12-21(29)16-23(24)27(32)33/h8-17,19H,2-7H2,1H3. The van der Waals surface area contributed by atoms with Crippen molar-refractivity contribution in [3.8, 4) is 11.3 Å². The first-order valence-electron chi connectivity index (χ1n) is 12.2. The fourth-order valence-electron chi connectivity index (χ4n) is 4.58. The van der Waals surface area contributed by atoms with Crippen LogP contribution in [-0.4, -0.2) is 28.5 Å². The normalized spacial score (nSPS) is 14.5. The van der Waals surface area contributed by atoms with Crippen LogP contribution < -0.4 is 5.56 Å². The minimum atomic E-state index is -0.355. The Hall–Kier alpha value is -3.52. The number of carbonyl (C=O) groups excluding carboxylic acids is 1. The summed E-state index contributed by atoms with van der Waals surface area (Å²) in [6.07, 6.45) is 7.00. The van der Waals surface area contributed by atoms with E-state index in [0.717, 1.165) is 35.7 Å². The van der Waals surface area contributed by atoms with Gasteiger partial charge in [-0.05, 0) is 62.2 Å². The van der Waals surface area contributed by atoms with Gasteiger partial charge in [0.1, 0.15) is 17.3 Å². The average molecular weight is 548 g/mol. The van der Waals surface area contributed by atoms with Gasteiger partial charge in [0.2, 0.25) is 0 Å². The fraction of sp³-hybridized carbons (Fsp3) is 0.286. The first kappa shape index (κ1) is 24.2. The van der Waals surface area contributed by atoms with Crippen LogP contribution in [0.2, 0.25) is 0 Å². The molecule has 0 spiro atoms. The maximum Gasteiger partial charge on any atom is 0.338 e. The molecule has 1 saturated carbocycles. The van der Waals surface area contributed by atoms with E-state index in [1.165, 1.54) is 11.1 Å². The van der Waals surface area contributed by atoms with E-state index < -0.39 is 0 Å². The molecule has 0 unspecified atom stereocenters. The molecular weight excluding hydrogens is 522 g/mol. The lowest BCUT2D eigenvalue weighted by molar-refractivity contribution is 0.0526. The number of ether oxygens (including phenoxy) is 1. The zero-order chi connectivity index (χ0) is 25.1. The van der Waals surface area contributed by atoms with Crippen molar-refractivity contribution in [2.24, 2.45) is 5.10 Å². The maximum absolute atomic E-state index is 13.4. The molecule has 2 heterocycles. The molecule has 0 bridgehead atoms. The Labute approximate surface area is 216 Å². The van der Waals surface area contributed by atoms with E-state index in [-0.39, 0.29) is 17.4 Å². The summed E-state index contributed by atoms with van der Waals surface area (Å²) >= 11 is 3.45. The van der Waals surface area contributed by atoms with Gasteiger partial charge in [0.15, 0.2) is 0 Å². The summed E-state index contributed by atoms with van der Waals surface area (Å²) in [4.78, 5) is 30.2. The molecule has 1 fully saturated rings. The second-order valence-electron chi connectivity index (χ2n) is 8.83. The summed E-state index contributed by atoms with van der Waals surface area (Å²) in [7, 11) is 0. The third-order valence-electron chi connectivity index (χ3n) is 6.41. The van der Waals surface area contributed by atoms with Gasteiger partial charge in [0.25, 0.3) is 5.56 Å². The predicted molar refractivity (Wildman–Crippen MR) is 143 cm³/mol. The second kappa shape index (κ2) is 10.6. The van der Waals surface area contributed by atoms with Crippen LogP contribution in [0, 0.1) is 0 Å². The maximum atomic E-state index is 13.4. The lowest BCUT2D eigenvalue weighted by atomic mass is 9.88. The van der Waals surface area contributed by atoms with Gasteiger partial charge in [0, 0.05) is 16.0 Å². The topological polar surface area (TPSA) is 86.7 Å². The van der Waals surface area contributed by atoms with Crippen LogP contribution in [0.1, 0.15) is 66.9 Å². The Morgan fingerprint density at radius 1 is 1.14 bits per heavy atom. The predicted octanol–water partition coefficient (Wildman–Crippen LogP) is 6.53. The van der Waals surface area contributed by atoms with E-state index in [1.807, 2.05) is 30.3 Å². The monoisotopic (exact) mass is 547 g/mol. The molecule has 0 saturated heterocycles. The van der Waals surface area contributed by atoms with Crippen LogP contribution in [0.25, 0.3) is 22.2 Å². The number of fused-ring (bicyclic) bond motifs is 1. The Morgan fingerprint density at radius 2 is 1.92 bits per heavy atom. The van der Waals surface area contributed by atoms with Crippen LogP contribution in [0.4, 0.5) is 0 Å². The van der Waals surface area contributed by atoms with E-state index in [0.29, 0.717) is 40.4 Å². The minimum absolute atomic E-state index is 0.195. The fourth-order valence-corrected chi connectivity index (χ4v) is 4.94. The number of furan rings is 1. The van der Waals surface area contributed by atoms with Crippen LogP contribution >= 0.6 is 15.9 Å². The van der Waals surface area contributed by atoms with Crippen LogP contribution in [-0.2, 0) is 4.74 Å². The zero-order valence-electron chi connectivity index (χ0n) is 19.9. The van der Waals surface area contributed by atoms with Gasteiger partial charge >= 0.3 is 5.97 Å². The molecular formula is C28H26BrN3O4. The molecule has 8 heteroatoms. The first-order chi connectivity index (χ1) is 17.5. The number of hydrogen-bond donors (Lipinski definition) is 0. The van der Waals surface area contributed by atoms with E-state index in [9.17, 15) is 9.59 Å². The van der Waals surface area contributed by atoms with Crippen molar-refractivity contribution in [3.63, 3.8) is 0 Å². The van der Waals surface area contributed by atoms with Gasteiger partial charge in [-0.15, -0.1) is 0 Å². The van der Waals surface area contributed by atoms with Gasteiger partial charge in [-0.25, -0.2) is 9.78 Å². The molecule has 0 amide bonds. The number of esters is 1. The molecule has 1 aliphatic carbocycles. The van der Waals surface area contributed by atoms with Gasteiger partial charge in [-0.1, -0.05) is 47.3 Å². The highest BCUT2D eigenvalue weighted by atomic mass is 79.9. The number of halogens is 1. The van der Waals surface area contributed by atoms with E-state index in [4.69, 9.17) is 14.1 Å². The van der Waals surface area contributed by atoms with Crippen molar-refractivity contribution < 1.29 is 13.9 Å². The Kier molecular flexibility index (Phi) is 7.13. The highest BCUT2D eigenvalue weighted by Gasteiger charge is 2.22. The van der Waals surface area contributed by atoms with Crippen LogP contribution in [0.3, 0.4) is 0 Å². The number of benzene rings is 2. The largest absolute Gasteiger partial charge is 0.462 e. The van der Waals surface area contributed by atoms with E-state index >= 15 is 0 Å². The molecule has 0 atom stereocenters.